The third-order valence-electron chi connectivity index (χ3n) is 5.72. The van der Waals surface area contributed by atoms with E-state index in [9.17, 15) is 4.79 Å². The van der Waals surface area contributed by atoms with Crippen molar-refractivity contribution in [1.29, 1.82) is 0 Å². The first-order valence-corrected chi connectivity index (χ1v) is 9.63. The lowest BCUT2D eigenvalue weighted by molar-refractivity contribution is -0.134. The van der Waals surface area contributed by atoms with Gasteiger partial charge in [-0.3, -0.25) is 4.79 Å². The predicted molar refractivity (Wildman–Crippen MR) is 99.1 cm³/mol. The highest BCUT2D eigenvalue weighted by Crippen LogP contribution is 2.32. The molecule has 1 saturated carbocycles. The first kappa shape index (κ1) is 16.6. The minimum absolute atomic E-state index is 0.334. The van der Waals surface area contributed by atoms with Gasteiger partial charge < -0.3 is 14.8 Å². The molecule has 0 bridgehead atoms. The van der Waals surface area contributed by atoms with E-state index in [2.05, 4.69) is 46.8 Å². The summed E-state index contributed by atoms with van der Waals surface area (Å²) in [6.07, 6.45) is 3.23. The van der Waals surface area contributed by atoms with Gasteiger partial charge in [-0.05, 0) is 44.2 Å². The summed E-state index contributed by atoms with van der Waals surface area (Å²) >= 11 is 0. The smallest absolute Gasteiger partial charge is 0.225 e. The molecule has 1 aromatic carbocycles. The highest BCUT2D eigenvalue weighted by molar-refractivity contribution is 5.81. The van der Waals surface area contributed by atoms with Gasteiger partial charge in [0.25, 0.3) is 0 Å². The number of para-hydroxylation sites is 2. The number of carbonyl (C=O) groups excluding carboxylic acids is 1. The summed E-state index contributed by atoms with van der Waals surface area (Å²) in [4.78, 5) is 19.2. The Kier molecular flexibility index (Phi) is 4.50. The van der Waals surface area contributed by atoms with Gasteiger partial charge >= 0.3 is 0 Å². The second-order valence-corrected chi connectivity index (χ2v) is 7.57. The van der Waals surface area contributed by atoms with Crippen LogP contribution in [0, 0.1) is 11.8 Å². The average molecular weight is 340 g/mol. The normalized spacial score (nSPS) is 24.0. The highest BCUT2D eigenvalue weighted by Gasteiger charge is 2.36. The molecule has 5 heteroatoms. The number of piperidine rings is 1. The number of rotatable bonds is 5. The van der Waals surface area contributed by atoms with Crippen LogP contribution in [-0.2, 0) is 17.9 Å². The Morgan fingerprint density at radius 1 is 1.28 bits per heavy atom. The van der Waals surface area contributed by atoms with Crippen LogP contribution in [0.5, 0.6) is 0 Å². The van der Waals surface area contributed by atoms with E-state index in [1.165, 1.54) is 5.52 Å². The van der Waals surface area contributed by atoms with Crippen molar-refractivity contribution in [2.75, 3.05) is 13.1 Å². The van der Waals surface area contributed by atoms with Gasteiger partial charge in [0, 0.05) is 31.6 Å². The Morgan fingerprint density at radius 2 is 2.08 bits per heavy atom. The first-order chi connectivity index (χ1) is 12.2. The monoisotopic (exact) mass is 340 g/mol. The van der Waals surface area contributed by atoms with Crippen LogP contribution in [0.3, 0.4) is 0 Å². The van der Waals surface area contributed by atoms with Crippen molar-refractivity contribution >= 4 is 16.9 Å². The van der Waals surface area contributed by atoms with Gasteiger partial charge in [0.15, 0.2) is 0 Å². The van der Waals surface area contributed by atoms with Crippen molar-refractivity contribution in [2.24, 2.45) is 11.8 Å². The minimum atomic E-state index is 0.334. The standard InChI is InChI=1S/C20H28N4O/c1-3-24-18-7-5-4-6-17(18)22-19(24)12-21-16-10-11-23(13-14(16)2)20(25)15-8-9-15/h4-7,14-16,21H,3,8-13H2,1-2H3/t14-,16-/m0/s1. The number of imidazole rings is 1. The summed E-state index contributed by atoms with van der Waals surface area (Å²) in [5, 5.41) is 3.71. The van der Waals surface area contributed by atoms with E-state index < -0.39 is 0 Å². The topological polar surface area (TPSA) is 50.2 Å². The van der Waals surface area contributed by atoms with Gasteiger partial charge in [0.1, 0.15) is 5.82 Å². The molecule has 1 aliphatic heterocycles. The Balaban J connectivity index is 1.39. The predicted octanol–water partition coefficient (Wildman–Crippen LogP) is 2.79. The molecule has 1 amide bonds. The van der Waals surface area contributed by atoms with E-state index in [-0.39, 0.29) is 0 Å². The molecular weight excluding hydrogens is 312 g/mol. The maximum atomic E-state index is 12.3. The number of nitrogens with one attached hydrogen (secondary N) is 1. The second kappa shape index (κ2) is 6.79. The lowest BCUT2D eigenvalue weighted by Crippen LogP contribution is -2.50. The van der Waals surface area contributed by atoms with Crippen LogP contribution in [-0.4, -0.2) is 39.5 Å². The summed E-state index contributed by atoms with van der Waals surface area (Å²) in [6.45, 7) is 7.92. The summed E-state index contributed by atoms with van der Waals surface area (Å²) in [5.41, 5.74) is 2.28. The fraction of sp³-hybridized carbons (Fsp3) is 0.600. The molecule has 2 aliphatic rings. The van der Waals surface area contributed by atoms with Crippen LogP contribution < -0.4 is 5.32 Å². The van der Waals surface area contributed by atoms with Crippen LogP contribution >= 0.6 is 0 Å². The van der Waals surface area contributed by atoms with Gasteiger partial charge in [0.2, 0.25) is 5.91 Å². The molecule has 2 fully saturated rings. The molecule has 2 aromatic rings. The van der Waals surface area contributed by atoms with Crippen molar-refractivity contribution in [2.45, 2.75) is 52.2 Å². The zero-order valence-corrected chi connectivity index (χ0v) is 15.2. The van der Waals surface area contributed by atoms with Gasteiger partial charge in [-0.1, -0.05) is 19.1 Å². The molecule has 134 valence electrons. The van der Waals surface area contributed by atoms with E-state index in [4.69, 9.17) is 4.98 Å². The Labute approximate surface area is 149 Å². The number of hydrogen-bond donors (Lipinski definition) is 1. The van der Waals surface area contributed by atoms with Crippen molar-refractivity contribution in [3.63, 3.8) is 0 Å². The van der Waals surface area contributed by atoms with Crippen LogP contribution in [0.25, 0.3) is 11.0 Å². The first-order valence-electron chi connectivity index (χ1n) is 9.63. The number of benzene rings is 1. The van der Waals surface area contributed by atoms with Crippen molar-refractivity contribution in [3.8, 4) is 0 Å². The van der Waals surface area contributed by atoms with Gasteiger partial charge in [-0.25, -0.2) is 4.98 Å². The largest absolute Gasteiger partial charge is 0.342 e. The summed E-state index contributed by atoms with van der Waals surface area (Å²) in [6, 6.07) is 8.78. The van der Waals surface area contributed by atoms with E-state index >= 15 is 0 Å². The molecule has 25 heavy (non-hydrogen) atoms. The Hall–Kier alpha value is -1.88. The van der Waals surface area contributed by atoms with Gasteiger partial charge in [-0.2, -0.15) is 0 Å². The summed E-state index contributed by atoms with van der Waals surface area (Å²) in [7, 11) is 0. The summed E-state index contributed by atoms with van der Waals surface area (Å²) in [5.74, 6) is 2.31. The van der Waals surface area contributed by atoms with E-state index in [1.54, 1.807) is 0 Å². The molecule has 0 spiro atoms. The SMILES string of the molecule is CCn1c(CN[C@H]2CCN(C(=O)C3CC3)C[C@@H]2C)nc2ccccc21. The Bertz CT molecular complexity index is 764. The zero-order valence-electron chi connectivity index (χ0n) is 15.2. The number of aryl methyl sites for hydroxylation is 1. The molecule has 1 saturated heterocycles. The zero-order chi connectivity index (χ0) is 17.4. The third kappa shape index (κ3) is 3.30. The number of likely N-dealkylation sites (tertiary alicyclic amines) is 1. The molecule has 1 N–H and O–H groups in total. The molecule has 5 nitrogen and oxygen atoms in total. The number of fused-ring (bicyclic) bond motifs is 1. The minimum Gasteiger partial charge on any atom is -0.342 e. The van der Waals surface area contributed by atoms with Crippen molar-refractivity contribution < 1.29 is 4.79 Å². The molecular formula is C20H28N4O. The quantitative estimate of drug-likeness (QED) is 0.910. The van der Waals surface area contributed by atoms with Crippen LogP contribution in [0.15, 0.2) is 24.3 Å². The molecule has 4 rings (SSSR count). The molecule has 2 heterocycles. The molecule has 2 atom stereocenters. The third-order valence-corrected chi connectivity index (χ3v) is 5.72. The maximum absolute atomic E-state index is 12.3. The van der Waals surface area contributed by atoms with E-state index in [0.717, 1.165) is 56.8 Å². The number of hydrogen-bond acceptors (Lipinski definition) is 3. The molecule has 1 aromatic heterocycles. The highest BCUT2D eigenvalue weighted by atomic mass is 16.2. The average Bonchev–Trinajstić information content (AvgIpc) is 3.41. The summed E-state index contributed by atoms with van der Waals surface area (Å²) < 4.78 is 2.29. The number of nitrogens with zero attached hydrogens (tertiary/aromatic N) is 3. The lowest BCUT2D eigenvalue weighted by Gasteiger charge is -2.37. The molecule has 1 aliphatic carbocycles. The van der Waals surface area contributed by atoms with Crippen LogP contribution in [0.2, 0.25) is 0 Å². The second-order valence-electron chi connectivity index (χ2n) is 7.57. The number of amides is 1. The van der Waals surface area contributed by atoms with Crippen molar-refractivity contribution in [1.82, 2.24) is 19.8 Å². The van der Waals surface area contributed by atoms with E-state index in [1.807, 2.05) is 6.07 Å². The Morgan fingerprint density at radius 3 is 2.80 bits per heavy atom. The fourth-order valence-corrected chi connectivity index (χ4v) is 4.07. The molecule has 0 radical (unpaired) electrons. The number of carbonyl (C=O) groups is 1. The van der Waals surface area contributed by atoms with Gasteiger partial charge in [-0.15, -0.1) is 0 Å². The van der Waals surface area contributed by atoms with Crippen molar-refractivity contribution in [3.05, 3.63) is 30.1 Å². The van der Waals surface area contributed by atoms with E-state index in [0.29, 0.717) is 23.8 Å². The lowest BCUT2D eigenvalue weighted by atomic mass is 9.93. The van der Waals surface area contributed by atoms with Gasteiger partial charge in [0.05, 0.1) is 17.6 Å². The fourth-order valence-electron chi connectivity index (χ4n) is 4.07. The van der Waals surface area contributed by atoms with Crippen LogP contribution in [0.4, 0.5) is 0 Å². The maximum Gasteiger partial charge on any atom is 0.225 e. The molecule has 0 unspecified atom stereocenters. The van der Waals surface area contributed by atoms with Crippen LogP contribution in [0.1, 0.15) is 38.9 Å². The number of aromatic nitrogens is 2.